The topological polar surface area (TPSA) is 92.9 Å². The zero-order valence-corrected chi connectivity index (χ0v) is 10.5. The molecule has 0 fully saturated rings. The van der Waals surface area contributed by atoms with Crippen LogP contribution in [-0.4, -0.2) is 36.8 Å². The van der Waals surface area contributed by atoms with Crippen LogP contribution >= 0.6 is 0 Å². The molecule has 0 unspecified atom stereocenters. The van der Waals surface area contributed by atoms with Crippen molar-refractivity contribution in [2.75, 3.05) is 0 Å². The molecule has 7 heteroatoms. The summed E-state index contributed by atoms with van der Waals surface area (Å²) in [7, 11) is 0. The Bertz CT molecular complexity index is 375. The summed E-state index contributed by atoms with van der Waals surface area (Å²) >= 11 is 0. The quantitative estimate of drug-likeness (QED) is 0.719. The average molecular weight is 241 g/mol. The number of hydrogen-bond donors (Lipinski definition) is 2. The molecule has 96 valence electrons. The molecule has 7 nitrogen and oxygen atoms in total. The second kappa shape index (κ2) is 5.72. The summed E-state index contributed by atoms with van der Waals surface area (Å²) in [6.45, 7) is 6.41. The molecule has 0 amide bonds. The Morgan fingerprint density at radius 3 is 2.82 bits per heavy atom. The van der Waals surface area contributed by atoms with Gasteiger partial charge in [0.15, 0.2) is 5.82 Å². The van der Waals surface area contributed by atoms with Gasteiger partial charge in [-0.25, -0.2) is 4.68 Å². The molecule has 0 aromatic carbocycles. The summed E-state index contributed by atoms with van der Waals surface area (Å²) in [4.78, 5) is 10.9. The van der Waals surface area contributed by atoms with E-state index in [0.29, 0.717) is 12.4 Å². The van der Waals surface area contributed by atoms with E-state index in [1.54, 1.807) is 18.5 Å². The highest BCUT2D eigenvalue weighted by molar-refractivity contribution is 5.77. The standard InChI is InChI=1S/C10H19N5O2/c1-4-5-6-15-8(12-13-14-15)7-11-10(2,3)9(16)17/h11H,4-7H2,1-3H3,(H,16,17). The van der Waals surface area contributed by atoms with Crippen LogP contribution in [0.1, 0.15) is 39.4 Å². The number of aliphatic carboxylic acids is 1. The summed E-state index contributed by atoms with van der Waals surface area (Å²) in [5, 5.41) is 23.2. The Labute approximate surface area is 100 Å². The Balaban J connectivity index is 2.57. The molecule has 0 aliphatic heterocycles. The SMILES string of the molecule is CCCCn1nnnc1CNC(C)(C)C(=O)O. The summed E-state index contributed by atoms with van der Waals surface area (Å²) in [5.74, 6) is -0.238. The van der Waals surface area contributed by atoms with Crippen LogP contribution in [0.25, 0.3) is 0 Å². The molecule has 2 N–H and O–H groups in total. The molecule has 17 heavy (non-hydrogen) atoms. The molecule has 0 aliphatic rings. The number of nitrogens with zero attached hydrogens (tertiary/aromatic N) is 4. The van der Waals surface area contributed by atoms with Gasteiger partial charge < -0.3 is 5.11 Å². The normalized spacial score (nSPS) is 11.7. The van der Waals surface area contributed by atoms with Crippen LogP contribution in [0, 0.1) is 0 Å². The summed E-state index contributed by atoms with van der Waals surface area (Å²) in [6, 6.07) is 0. The zero-order chi connectivity index (χ0) is 12.9. The van der Waals surface area contributed by atoms with Gasteiger partial charge >= 0.3 is 5.97 Å². The second-order valence-corrected chi connectivity index (χ2v) is 4.46. The molecule has 1 aromatic heterocycles. The number of aromatic nitrogens is 4. The molecule has 0 radical (unpaired) electrons. The van der Waals surface area contributed by atoms with E-state index in [2.05, 4.69) is 27.8 Å². The smallest absolute Gasteiger partial charge is 0.323 e. The number of rotatable bonds is 7. The van der Waals surface area contributed by atoms with Gasteiger partial charge in [-0.05, 0) is 30.7 Å². The monoisotopic (exact) mass is 241 g/mol. The van der Waals surface area contributed by atoms with Crippen molar-refractivity contribution in [3.8, 4) is 0 Å². The first kappa shape index (κ1) is 13.6. The molecule has 1 rings (SSSR count). The van der Waals surface area contributed by atoms with Gasteiger partial charge in [0.25, 0.3) is 0 Å². The fraction of sp³-hybridized carbons (Fsp3) is 0.800. The second-order valence-electron chi connectivity index (χ2n) is 4.46. The van der Waals surface area contributed by atoms with E-state index in [1.165, 1.54) is 0 Å². The highest BCUT2D eigenvalue weighted by Gasteiger charge is 2.26. The lowest BCUT2D eigenvalue weighted by atomic mass is 10.1. The van der Waals surface area contributed by atoms with E-state index in [1.807, 2.05) is 0 Å². The van der Waals surface area contributed by atoms with Gasteiger partial charge in [-0.1, -0.05) is 13.3 Å². The molecular formula is C10H19N5O2. The molecule has 1 aromatic rings. The lowest BCUT2D eigenvalue weighted by Gasteiger charge is -2.20. The highest BCUT2D eigenvalue weighted by Crippen LogP contribution is 2.04. The number of unbranched alkanes of at least 4 members (excludes halogenated alkanes) is 1. The third-order valence-corrected chi connectivity index (χ3v) is 2.55. The van der Waals surface area contributed by atoms with Crippen LogP contribution in [-0.2, 0) is 17.9 Å². The van der Waals surface area contributed by atoms with Gasteiger partial charge in [-0.15, -0.1) is 5.10 Å². The molecule has 0 atom stereocenters. The largest absolute Gasteiger partial charge is 0.480 e. The summed E-state index contributed by atoms with van der Waals surface area (Å²) in [5.41, 5.74) is -0.985. The van der Waals surface area contributed by atoms with Gasteiger partial charge in [0.2, 0.25) is 0 Å². The van der Waals surface area contributed by atoms with Crippen molar-refractivity contribution in [1.82, 2.24) is 25.5 Å². The molecular weight excluding hydrogens is 222 g/mol. The van der Waals surface area contributed by atoms with Gasteiger partial charge in [-0.2, -0.15) is 0 Å². The highest BCUT2D eigenvalue weighted by atomic mass is 16.4. The predicted molar refractivity (Wildman–Crippen MR) is 61.3 cm³/mol. The molecule has 1 heterocycles. The van der Waals surface area contributed by atoms with Crippen molar-refractivity contribution in [3.63, 3.8) is 0 Å². The van der Waals surface area contributed by atoms with Crippen molar-refractivity contribution in [1.29, 1.82) is 0 Å². The van der Waals surface area contributed by atoms with E-state index in [0.717, 1.165) is 19.4 Å². The maximum atomic E-state index is 10.9. The first-order valence-electron chi connectivity index (χ1n) is 5.71. The van der Waals surface area contributed by atoms with Gasteiger partial charge in [-0.3, -0.25) is 10.1 Å². The minimum atomic E-state index is -0.985. The third kappa shape index (κ3) is 3.77. The number of aryl methyl sites for hydroxylation is 1. The number of carbonyl (C=O) groups is 1. The minimum absolute atomic E-state index is 0.343. The van der Waals surface area contributed by atoms with E-state index in [4.69, 9.17) is 5.11 Å². The van der Waals surface area contributed by atoms with Gasteiger partial charge in [0, 0.05) is 6.54 Å². The Kier molecular flexibility index (Phi) is 4.56. The van der Waals surface area contributed by atoms with Crippen molar-refractivity contribution < 1.29 is 9.90 Å². The van der Waals surface area contributed by atoms with E-state index >= 15 is 0 Å². The molecule has 0 aliphatic carbocycles. The van der Waals surface area contributed by atoms with Crippen LogP contribution in [0.2, 0.25) is 0 Å². The van der Waals surface area contributed by atoms with Crippen LogP contribution in [0.3, 0.4) is 0 Å². The average Bonchev–Trinajstić information content (AvgIpc) is 2.71. The maximum absolute atomic E-state index is 10.9. The van der Waals surface area contributed by atoms with Crippen LogP contribution in [0.4, 0.5) is 0 Å². The number of tetrazole rings is 1. The molecule has 0 saturated heterocycles. The van der Waals surface area contributed by atoms with Gasteiger partial charge in [0.05, 0.1) is 6.54 Å². The van der Waals surface area contributed by atoms with E-state index < -0.39 is 11.5 Å². The number of nitrogens with one attached hydrogen (secondary N) is 1. The van der Waals surface area contributed by atoms with Crippen molar-refractivity contribution in [2.24, 2.45) is 0 Å². The number of carboxylic acids is 1. The first-order valence-corrected chi connectivity index (χ1v) is 5.71. The molecule has 0 spiro atoms. The van der Waals surface area contributed by atoms with E-state index in [9.17, 15) is 4.79 Å². The lowest BCUT2D eigenvalue weighted by molar-refractivity contribution is -0.143. The maximum Gasteiger partial charge on any atom is 0.323 e. The number of hydrogen-bond acceptors (Lipinski definition) is 5. The Hall–Kier alpha value is -1.50. The lowest BCUT2D eigenvalue weighted by Crippen LogP contribution is -2.46. The predicted octanol–water partition coefficient (Wildman–Crippen LogP) is 0.426. The molecule has 0 saturated carbocycles. The first-order chi connectivity index (χ1) is 7.97. The van der Waals surface area contributed by atoms with E-state index in [-0.39, 0.29) is 0 Å². The summed E-state index contributed by atoms with van der Waals surface area (Å²) < 4.78 is 1.70. The molecule has 0 bridgehead atoms. The van der Waals surface area contributed by atoms with Crippen molar-refractivity contribution in [3.05, 3.63) is 5.82 Å². The van der Waals surface area contributed by atoms with Crippen LogP contribution in [0.5, 0.6) is 0 Å². The third-order valence-electron chi connectivity index (χ3n) is 2.55. The number of carboxylic acid groups (broad SMARTS) is 1. The summed E-state index contributed by atoms with van der Waals surface area (Å²) in [6.07, 6.45) is 2.06. The van der Waals surface area contributed by atoms with Crippen LogP contribution < -0.4 is 5.32 Å². The zero-order valence-electron chi connectivity index (χ0n) is 10.5. The Morgan fingerprint density at radius 2 is 2.24 bits per heavy atom. The fourth-order valence-corrected chi connectivity index (χ4v) is 1.21. The van der Waals surface area contributed by atoms with Gasteiger partial charge in [0.1, 0.15) is 5.54 Å². The van der Waals surface area contributed by atoms with Crippen molar-refractivity contribution >= 4 is 5.97 Å². The van der Waals surface area contributed by atoms with Crippen molar-refractivity contribution in [2.45, 2.75) is 52.2 Å². The Morgan fingerprint density at radius 1 is 1.53 bits per heavy atom. The van der Waals surface area contributed by atoms with Crippen LogP contribution in [0.15, 0.2) is 0 Å². The fourth-order valence-electron chi connectivity index (χ4n) is 1.21. The minimum Gasteiger partial charge on any atom is -0.480 e.